The minimum absolute atomic E-state index is 0.772. The van der Waals surface area contributed by atoms with Gasteiger partial charge in [0.05, 0.1) is 0 Å². The molecule has 92 valence electrons. The smallest absolute Gasteiger partial charge is 0.0195 e. The lowest BCUT2D eigenvalue weighted by Gasteiger charge is -2.35. The second-order valence-corrected chi connectivity index (χ2v) is 6.27. The average molecular weight is 222 g/mol. The number of rotatable bonds is 5. The molecule has 0 spiro atoms. The summed E-state index contributed by atoms with van der Waals surface area (Å²) in [5.41, 5.74) is 0.800. The first-order valence-electron chi connectivity index (χ1n) is 7.28. The van der Waals surface area contributed by atoms with Gasteiger partial charge in [-0.1, -0.05) is 6.92 Å². The molecule has 3 aliphatic rings. The Hall–Kier alpha value is -0.0800. The lowest BCUT2D eigenvalue weighted by atomic mass is 9.97. The van der Waals surface area contributed by atoms with Crippen LogP contribution in [0.1, 0.15) is 45.4 Å². The Morgan fingerprint density at radius 1 is 1.25 bits per heavy atom. The molecule has 0 aromatic heterocycles. The fourth-order valence-corrected chi connectivity index (χ4v) is 3.65. The minimum Gasteiger partial charge on any atom is -0.313 e. The molecule has 1 saturated heterocycles. The van der Waals surface area contributed by atoms with Crippen molar-refractivity contribution in [3.05, 3.63) is 0 Å². The molecule has 1 N–H and O–H groups in total. The van der Waals surface area contributed by atoms with Crippen LogP contribution < -0.4 is 5.32 Å². The van der Waals surface area contributed by atoms with E-state index >= 15 is 0 Å². The first kappa shape index (κ1) is 11.0. The summed E-state index contributed by atoms with van der Waals surface area (Å²) in [6.07, 6.45) is 8.91. The number of likely N-dealkylation sites (N-methyl/N-ethyl adjacent to an activating group) is 1. The number of likely N-dealkylation sites (tertiary alicyclic amines) is 1. The zero-order chi connectivity index (χ0) is 11.0. The summed E-state index contributed by atoms with van der Waals surface area (Å²) < 4.78 is 0. The highest BCUT2D eigenvalue weighted by Crippen LogP contribution is 2.61. The van der Waals surface area contributed by atoms with Crippen LogP contribution in [0.2, 0.25) is 0 Å². The van der Waals surface area contributed by atoms with Gasteiger partial charge in [-0.3, -0.25) is 0 Å². The lowest BCUT2D eigenvalue weighted by Crippen LogP contribution is -2.47. The SMILES string of the molecule is CCNC1CCCN(CC2(C3CC3)CC2)C1. The molecule has 1 atom stereocenters. The third-order valence-corrected chi connectivity index (χ3v) is 4.87. The standard InChI is InChI=1S/C14H26N2/c1-2-15-13-4-3-9-16(10-13)11-14(7-8-14)12-5-6-12/h12-13,15H,2-11H2,1H3. The average Bonchev–Trinajstić information content (AvgIpc) is 3.13. The van der Waals surface area contributed by atoms with Crippen LogP contribution in [0.5, 0.6) is 0 Å². The van der Waals surface area contributed by atoms with Gasteiger partial charge < -0.3 is 10.2 Å². The first-order chi connectivity index (χ1) is 7.82. The van der Waals surface area contributed by atoms with Crippen LogP contribution in [0.15, 0.2) is 0 Å². The van der Waals surface area contributed by atoms with E-state index < -0.39 is 0 Å². The normalized spacial score (nSPS) is 33.9. The van der Waals surface area contributed by atoms with E-state index in [-0.39, 0.29) is 0 Å². The molecule has 1 aliphatic heterocycles. The molecule has 2 saturated carbocycles. The lowest BCUT2D eigenvalue weighted by molar-refractivity contribution is 0.150. The molecular weight excluding hydrogens is 196 g/mol. The van der Waals surface area contributed by atoms with Gasteiger partial charge in [-0.15, -0.1) is 0 Å². The summed E-state index contributed by atoms with van der Waals surface area (Å²) in [5.74, 6) is 1.12. The van der Waals surface area contributed by atoms with Gasteiger partial charge in [-0.2, -0.15) is 0 Å². The Labute approximate surface area is 99.8 Å². The molecule has 0 aromatic carbocycles. The fraction of sp³-hybridized carbons (Fsp3) is 1.00. The maximum absolute atomic E-state index is 3.62. The van der Waals surface area contributed by atoms with Gasteiger partial charge >= 0.3 is 0 Å². The van der Waals surface area contributed by atoms with Gasteiger partial charge in [0, 0.05) is 19.1 Å². The molecule has 2 aliphatic carbocycles. The van der Waals surface area contributed by atoms with Crippen LogP contribution in [0.3, 0.4) is 0 Å². The molecule has 16 heavy (non-hydrogen) atoms. The van der Waals surface area contributed by atoms with Gasteiger partial charge in [0.1, 0.15) is 0 Å². The van der Waals surface area contributed by atoms with Gasteiger partial charge in [0.25, 0.3) is 0 Å². The summed E-state index contributed by atoms with van der Waals surface area (Å²) >= 11 is 0. The van der Waals surface area contributed by atoms with Gasteiger partial charge in [0.15, 0.2) is 0 Å². The van der Waals surface area contributed by atoms with E-state index in [1.54, 1.807) is 0 Å². The van der Waals surface area contributed by atoms with Crippen LogP contribution in [0.25, 0.3) is 0 Å². The number of nitrogens with one attached hydrogen (secondary N) is 1. The summed E-state index contributed by atoms with van der Waals surface area (Å²) in [6.45, 7) is 7.44. The largest absolute Gasteiger partial charge is 0.313 e. The molecule has 0 radical (unpaired) electrons. The molecule has 3 rings (SSSR count). The topological polar surface area (TPSA) is 15.3 Å². The van der Waals surface area contributed by atoms with E-state index in [2.05, 4.69) is 17.1 Å². The van der Waals surface area contributed by atoms with Crippen molar-refractivity contribution >= 4 is 0 Å². The fourth-order valence-electron chi connectivity index (χ4n) is 3.65. The van der Waals surface area contributed by atoms with E-state index in [4.69, 9.17) is 0 Å². The van der Waals surface area contributed by atoms with Crippen molar-refractivity contribution in [3.63, 3.8) is 0 Å². The van der Waals surface area contributed by atoms with Crippen LogP contribution in [-0.2, 0) is 0 Å². The van der Waals surface area contributed by atoms with E-state index in [0.29, 0.717) is 0 Å². The predicted octanol–water partition coefficient (Wildman–Crippen LogP) is 2.25. The second kappa shape index (κ2) is 4.30. The second-order valence-electron chi connectivity index (χ2n) is 6.27. The van der Waals surface area contributed by atoms with E-state index in [0.717, 1.165) is 23.9 Å². The van der Waals surface area contributed by atoms with Crippen LogP contribution in [-0.4, -0.2) is 37.1 Å². The molecule has 0 bridgehead atoms. The first-order valence-corrected chi connectivity index (χ1v) is 7.28. The highest BCUT2D eigenvalue weighted by molar-refractivity contribution is 5.05. The van der Waals surface area contributed by atoms with Crippen molar-refractivity contribution in [2.45, 2.75) is 51.5 Å². The molecule has 1 heterocycles. The zero-order valence-electron chi connectivity index (χ0n) is 10.7. The Kier molecular flexibility index (Phi) is 2.97. The minimum atomic E-state index is 0.772. The maximum atomic E-state index is 3.62. The van der Waals surface area contributed by atoms with E-state index in [9.17, 15) is 0 Å². The zero-order valence-corrected chi connectivity index (χ0v) is 10.7. The number of hydrogen-bond donors (Lipinski definition) is 1. The Bertz CT molecular complexity index is 241. The number of hydrogen-bond acceptors (Lipinski definition) is 2. The summed E-state index contributed by atoms with van der Waals surface area (Å²) in [6, 6.07) is 0.772. The Morgan fingerprint density at radius 3 is 2.69 bits per heavy atom. The van der Waals surface area contributed by atoms with Gasteiger partial charge in [0.2, 0.25) is 0 Å². The van der Waals surface area contributed by atoms with Crippen LogP contribution >= 0.6 is 0 Å². The number of nitrogens with zero attached hydrogens (tertiary/aromatic N) is 1. The third kappa shape index (κ3) is 2.28. The third-order valence-electron chi connectivity index (χ3n) is 4.87. The molecule has 0 aromatic rings. The summed E-state index contributed by atoms with van der Waals surface area (Å²) in [4.78, 5) is 2.75. The summed E-state index contributed by atoms with van der Waals surface area (Å²) in [5, 5.41) is 3.62. The van der Waals surface area contributed by atoms with Crippen molar-refractivity contribution in [2.75, 3.05) is 26.2 Å². The van der Waals surface area contributed by atoms with Crippen molar-refractivity contribution in [1.29, 1.82) is 0 Å². The van der Waals surface area contributed by atoms with Crippen molar-refractivity contribution in [3.8, 4) is 0 Å². The van der Waals surface area contributed by atoms with E-state index in [1.807, 2.05) is 0 Å². The van der Waals surface area contributed by atoms with Crippen molar-refractivity contribution < 1.29 is 0 Å². The Morgan fingerprint density at radius 2 is 2.06 bits per heavy atom. The Balaban J connectivity index is 1.50. The van der Waals surface area contributed by atoms with Gasteiger partial charge in [-0.25, -0.2) is 0 Å². The molecule has 1 unspecified atom stereocenters. The predicted molar refractivity (Wildman–Crippen MR) is 67.5 cm³/mol. The number of piperidine rings is 1. The highest BCUT2D eigenvalue weighted by atomic mass is 15.2. The molecule has 3 fully saturated rings. The molecular formula is C14H26N2. The highest BCUT2D eigenvalue weighted by Gasteiger charge is 2.54. The molecule has 2 nitrogen and oxygen atoms in total. The van der Waals surface area contributed by atoms with Crippen molar-refractivity contribution in [2.24, 2.45) is 11.3 Å². The summed E-state index contributed by atoms with van der Waals surface area (Å²) in [7, 11) is 0. The maximum Gasteiger partial charge on any atom is 0.0195 e. The monoisotopic (exact) mass is 222 g/mol. The van der Waals surface area contributed by atoms with Gasteiger partial charge in [-0.05, 0) is 62.9 Å². The van der Waals surface area contributed by atoms with Crippen LogP contribution in [0.4, 0.5) is 0 Å². The molecule has 2 heteroatoms. The quantitative estimate of drug-likeness (QED) is 0.767. The van der Waals surface area contributed by atoms with E-state index in [1.165, 1.54) is 58.2 Å². The molecule has 0 amide bonds. The van der Waals surface area contributed by atoms with Crippen LogP contribution in [0, 0.1) is 11.3 Å². The van der Waals surface area contributed by atoms with Crippen molar-refractivity contribution in [1.82, 2.24) is 10.2 Å².